The van der Waals surface area contributed by atoms with Gasteiger partial charge in [0.25, 0.3) is 5.91 Å². The van der Waals surface area contributed by atoms with Gasteiger partial charge in [0, 0.05) is 38.9 Å². The van der Waals surface area contributed by atoms with Crippen LogP contribution >= 0.6 is 0 Å². The number of nitrogens with zero attached hydrogens (tertiary/aromatic N) is 2. The molecule has 0 radical (unpaired) electrons. The van der Waals surface area contributed by atoms with Gasteiger partial charge in [-0.3, -0.25) is 14.5 Å². The minimum Gasteiger partial charge on any atom is -0.379 e. The molecule has 4 unspecified atom stereocenters. The molecule has 0 aromatic heterocycles. The van der Waals surface area contributed by atoms with E-state index in [0.29, 0.717) is 31.5 Å². The van der Waals surface area contributed by atoms with Crippen LogP contribution < -0.4 is 5.32 Å². The molecule has 198 valence electrons. The van der Waals surface area contributed by atoms with Crippen molar-refractivity contribution >= 4 is 17.8 Å². The third-order valence-electron chi connectivity index (χ3n) is 7.47. The Morgan fingerprint density at radius 1 is 0.919 bits per heavy atom. The summed E-state index contributed by atoms with van der Waals surface area (Å²) in [5.74, 6) is -0.679. The van der Waals surface area contributed by atoms with Crippen LogP contribution in [0.1, 0.15) is 54.1 Å². The topological polar surface area (TPSA) is 88.2 Å². The maximum Gasteiger partial charge on any atom is 0.327 e. The number of methoxy groups -OCH3 is 2. The van der Waals surface area contributed by atoms with E-state index in [1.54, 1.807) is 26.4 Å². The highest BCUT2D eigenvalue weighted by Gasteiger charge is 2.51. The summed E-state index contributed by atoms with van der Waals surface area (Å²) in [5.41, 5.74) is 2.35. The second-order valence-electron chi connectivity index (χ2n) is 9.82. The van der Waals surface area contributed by atoms with E-state index < -0.39 is 0 Å². The van der Waals surface area contributed by atoms with E-state index in [1.165, 1.54) is 4.90 Å². The van der Waals surface area contributed by atoms with Crippen molar-refractivity contribution in [3.05, 3.63) is 71.3 Å². The number of amides is 4. The third-order valence-corrected chi connectivity index (χ3v) is 7.47. The average molecular weight is 508 g/mol. The van der Waals surface area contributed by atoms with Gasteiger partial charge in [0.15, 0.2) is 0 Å². The minimum atomic E-state index is -0.374. The molecule has 37 heavy (non-hydrogen) atoms. The van der Waals surface area contributed by atoms with Crippen molar-refractivity contribution < 1.29 is 23.9 Å². The summed E-state index contributed by atoms with van der Waals surface area (Å²) in [6, 6.07) is 16.3. The van der Waals surface area contributed by atoms with Gasteiger partial charge in [-0.25, -0.2) is 4.79 Å². The highest BCUT2D eigenvalue weighted by atomic mass is 16.5. The van der Waals surface area contributed by atoms with Crippen molar-refractivity contribution in [3.8, 4) is 0 Å². The Bertz CT molecular complexity index is 1070. The second kappa shape index (κ2) is 12.3. The molecule has 2 aromatic rings. The van der Waals surface area contributed by atoms with Crippen LogP contribution in [-0.2, 0) is 27.4 Å². The van der Waals surface area contributed by atoms with Crippen LogP contribution in [0.15, 0.2) is 54.6 Å². The van der Waals surface area contributed by atoms with Crippen LogP contribution in [0, 0.1) is 5.92 Å². The summed E-state index contributed by atoms with van der Waals surface area (Å²) >= 11 is 0. The first kappa shape index (κ1) is 26.8. The normalized spacial score (nSPS) is 23.6. The van der Waals surface area contributed by atoms with Crippen LogP contribution in [0.4, 0.5) is 4.79 Å². The summed E-state index contributed by atoms with van der Waals surface area (Å²) in [6.07, 6.45) is 2.57. The lowest BCUT2D eigenvalue weighted by molar-refractivity contribution is -0.152. The number of urea groups is 1. The SMILES string of the molecule is CCCCNC(=O)c1ccc(CN2C(=O)C3CC(OC)C(OC)CC3N(Cc3ccccc3)C2=O)cc1. The molecule has 8 heteroatoms. The zero-order chi connectivity index (χ0) is 26.4. The van der Waals surface area contributed by atoms with Gasteiger partial charge < -0.3 is 19.7 Å². The lowest BCUT2D eigenvalue weighted by Crippen LogP contribution is -2.64. The largest absolute Gasteiger partial charge is 0.379 e. The number of fused-ring (bicyclic) bond motifs is 1. The third kappa shape index (κ3) is 6.02. The number of imide groups is 1. The van der Waals surface area contributed by atoms with Crippen molar-refractivity contribution in [2.45, 2.75) is 63.9 Å². The first-order valence-electron chi connectivity index (χ1n) is 13.0. The van der Waals surface area contributed by atoms with Crippen LogP contribution in [0.3, 0.4) is 0 Å². The fourth-order valence-electron chi connectivity index (χ4n) is 5.35. The maximum atomic E-state index is 13.8. The summed E-state index contributed by atoms with van der Waals surface area (Å²) in [7, 11) is 3.28. The fraction of sp³-hybridized carbons (Fsp3) is 0.483. The van der Waals surface area contributed by atoms with Crippen LogP contribution in [0.25, 0.3) is 0 Å². The highest BCUT2D eigenvalue weighted by Crippen LogP contribution is 2.38. The molecule has 8 nitrogen and oxygen atoms in total. The number of carbonyl (C=O) groups is 3. The van der Waals surface area contributed by atoms with E-state index >= 15 is 0 Å². The molecule has 4 rings (SSSR count). The second-order valence-corrected chi connectivity index (χ2v) is 9.82. The molecule has 1 heterocycles. The van der Waals surface area contributed by atoms with Crippen molar-refractivity contribution in [1.82, 2.24) is 15.1 Å². The molecule has 1 saturated heterocycles. The quantitative estimate of drug-likeness (QED) is 0.492. The van der Waals surface area contributed by atoms with E-state index in [9.17, 15) is 14.4 Å². The predicted molar refractivity (Wildman–Crippen MR) is 140 cm³/mol. The number of ether oxygens (including phenoxy) is 2. The monoisotopic (exact) mass is 507 g/mol. The van der Waals surface area contributed by atoms with Crippen LogP contribution in [-0.4, -0.2) is 66.7 Å². The number of unbranched alkanes of at least 4 members (excludes halogenated alkanes) is 1. The first-order valence-corrected chi connectivity index (χ1v) is 13.0. The molecule has 2 aliphatic rings. The molecule has 1 aliphatic carbocycles. The summed E-state index contributed by atoms with van der Waals surface area (Å²) in [4.78, 5) is 42.9. The van der Waals surface area contributed by atoms with Gasteiger partial charge in [-0.15, -0.1) is 0 Å². The first-order chi connectivity index (χ1) is 18.0. The molecular weight excluding hydrogens is 470 g/mol. The number of hydrogen-bond acceptors (Lipinski definition) is 5. The summed E-state index contributed by atoms with van der Waals surface area (Å²) < 4.78 is 11.3. The Balaban J connectivity index is 1.55. The smallest absolute Gasteiger partial charge is 0.327 e. The van der Waals surface area contributed by atoms with Crippen LogP contribution in [0.2, 0.25) is 0 Å². The zero-order valence-electron chi connectivity index (χ0n) is 21.9. The van der Waals surface area contributed by atoms with Crippen molar-refractivity contribution in [2.75, 3.05) is 20.8 Å². The molecular formula is C29H37N3O5. The van der Waals surface area contributed by atoms with Gasteiger partial charge in [-0.2, -0.15) is 0 Å². The van der Waals surface area contributed by atoms with E-state index in [2.05, 4.69) is 12.2 Å². The number of nitrogens with one attached hydrogen (secondary N) is 1. The molecule has 0 spiro atoms. The van der Waals surface area contributed by atoms with Gasteiger partial charge in [-0.1, -0.05) is 55.8 Å². The predicted octanol–water partition coefficient (Wildman–Crippen LogP) is 3.99. The average Bonchev–Trinajstić information content (AvgIpc) is 2.93. The van der Waals surface area contributed by atoms with E-state index in [0.717, 1.165) is 24.0 Å². The fourth-order valence-corrected chi connectivity index (χ4v) is 5.35. The maximum absolute atomic E-state index is 13.8. The standard InChI is InChI=1S/C29H37N3O5/c1-4-5-15-30-27(33)22-13-11-21(12-14-22)19-32-28(34)23-16-25(36-2)26(37-3)17-24(23)31(29(32)35)18-20-9-7-6-8-10-20/h6-14,23-26H,4-5,15-19H2,1-3H3,(H,30,33). The van der Waals surface area contributed by atoms with Gasteiger partial charge in [-0.05, 0) is 42.5 Å². The van der Waals surface area contributed by atoms with E-state index in [4.69, 9.17) is 9.47 Å². The minimum absolute atomic E-state index is 0.123. The van der Waals surface area contributed by atoms with Crippen molar-refractivity contribution in [3.63, 3.8) is 0 Å². The Morgan fingerprint density at radius 3 is 2.22 bits per heavy atom. The Kier molecular flexibility index (Phi) is 8.95. The number of rotatable bonds is 10. The van der Waals surface area contributed by atoms with Gasteiger partial charge in [0.05, 0.1) is 24.7 Å². The Morgan fingerprint density at radius 2 is 1.57 bits per heavy atom. The molecule has 0 bridgehead atoms. The summed E-state index contributed by atoms with van der Waals surface area (Å²) in [6.45, 7) is 3.27. The molecule has 1 aliphatic heterocycles. The summed E-state index contributed by atoms with van der Waals surface area (Å²) in [5, 5.41) is 2.91. The Hall–Kier alpha value is -3.23. The zero-order valence-corrected chi connectivity index (χ0v) is 21.9. The van der Waals surface area contributed by atoms with Crippen LogP contribution in [0.5, 0.6) is 0 Å². The van der Waals surface area contributed by atoms with E-state index in [-0.39, 0.29) is 48.6 Å². The number of benzene rings is 2. The molecule has 2 aromatic carbocycles. The molecule has 1 N–H and O–H groups in total. The van der Waals surface area contributed by atoms with E-state index in [1.807, 2.05) is 47.4 Å². The van der Waals surface area contributed by atoms with Gasteiger partial charge in [0.1, 0.15) is 0 Å². The van der Waals surface area contributed by atoms with Crippen molar-refractivity contribution in [1.29, 1.82) is 0 Å². The molecule has 4 atom stereocenters. The lowest BCUT2D eigenvalue weighted by Gasteiger charge is -2.50. The van der Waals surface area contributed by atoms with Gasteiger partial charge >= 0.3 is 6.03 Å². The molecule has 2 fully saturated rings. The Labute approximate surface area is 218 Å². The van der Waals surface area contributed by atoms with Gasteiger partial charge in [0.2, 0.25) is 5.91 Å². The lowest BCUT2D eigenvalue weighted by atomic mass is 9.77. The number of hydrogen-bond donors (Lipinski definition) is 1. The molecule has 4 amide bonds. The number of carbonyl (C=O) groups excluding carboxylic acids is 3. The van der Waals surface area contributed by atoms with Crippen molar-refractivity contribution in [2.24, 2.45) is 5.92 Å². The highest BCUT2D eigenvalue weighted by molar-refractivity contribution is 5.99. The molecule has 1 saturated carbocycles.